The highest BCUT2D eigenvalue weighted by molar-refractivity contribution is 5.89. The largest absolute Gasteiger partial charge is 0.494 e. The number of hydrogen-bond donors (Lipinski definition) is 1. The zero-order valence-electron chi connectivity index (χ0n) is 13.3. The second-order valence-electron chi connectivity index (χ2n) is 6.10. The van der Waals surface area contributed by atoms with E-state index in [9.17, 15) is 0 Å². The van der Waals surface area contributed by atoms with Crippen molar-refractivity contribution in [2.75, 3.05) is 24.6 Å². The van der Waals surface area contributed by atoms with E-state index in [1.807, 2.05) is 30.3 Å². The molecule has 0 saturated heterocycles. The Morgan fingerprint density at radius 3 is 2.74 bits per heavy atom. The van der Waals surface area contributed by atoms with Crippen molar-refractivity contribution < 1.29 is 4.74 Å². The van der Waals surface area contributed by atoms with Crippen LogP contribution in [-0.2, 0) is 6.42 Å². The van der Waals surface area contributed by atoms with Crippen LogP contribution in [0.15, 0.2) is 54.6 Å². The van der Waals surface area contributed by atoms with Crippen molar-refractivity contribution in [3.8, 4) is 5.75 Å². The Kier molecular flexibility index (Phi) is 3.93. The van der Waals surface area contributed by atoms with E-state index in [2.05, 4.69) is 34.1 Å². The van der Waals surface area contributed by atoms with E-state index in [0.717, 1.165) is 31.9 Å². The number of ether oxygens (including phenoxy) is 1. The van der Waals surface area contributed by atoms with Gasteiger partial charge >= 0.3 is 0 Å². The summed E-state index contributed by atoms with van der Waals surface area (Å²) in [4.78, 5) is 6.09. The van der Waals surface area contributed by atoms with Gasteiger partial charge in [-0.25, -0.2) is 0 Å². The van der Waals surface area contributed by atoms with Crippen LogP contribution >= 0.6 is 0 Å². The molecule has 118 valence electrons. The minimum atomic E-state index is 0.760. The number of hydrogen-bond acceptors (Lipinski definition) is 2. The summed E-state index contributed by atoms with van der Waals surface area (Å²) in [6, 6.07) is 18.7. The molecule has 2 heterocycles. The molecule has 1 aromatic heterocycles. The van der Waals surface area contributed by atoms with Crippen LogP contribution in [0.2, 0.25) is 0 Å². The lowest BCUT2D eigenvalue weighted by Gasteiger charge is -2.28. The summed E-state index contributed by atoms with van der Waals surface area (Å²) in [7, 11) is 0. The van der Waals surface area contributed by atoms with Crippen LogP contribution in [0.4, 0.5) is 5.82 Å². The van der Waals surface area contributed by atoms with Gasteiger partial charge in [-0.3, -0.25) is 0 Å². The maximum Gasteiger partial charge on any atom is 0.119 e. The highest BCUT2D eigenvalue weighted by Gasteiger charge is 2.20. The van der Waals surface area contributed by atoms with Gasteiger partial charge in [0.2, 0.25) is 0 Å². The third kappa shape index (κ3) is 2.91. The number of anilines is 1. The lowest BCUT2D eigenvalue weighted by atomic mass is 10.0. The second-order valence-corrected chi connectivity index (χ2v) is 6.10. The maximum absolute atomic E-state index is 5.81. The highest BCUT2D eigenvalue weighted by Crippen LogP contribution is 2.33. The molecule has 0 spiro atoms. The number of fused-ring (bicyclic) bond motifs is 3. The first kappa shape index (κ1) is 14.2. The Labute approximate surface area is 136 Å². The van der Waals surface area contributed by atoms with Gasteiger partial charge in [0.25, 0.3) is 0 Å². The summed E-state index contributed by atoms with van der Waals surface area (Å²) in [5, 5.41) is 1.38. The first-order valence-electron chi connectivity index (χ1n) is 8.44. The van der Waals surface area contributed by atoms with Crippen LogP contribution in [-0.4, -0.2) is 24.7 Å². The Hall–Kier alpha value is -2.42. The van der Waals surface area contributed by atoms with Crippen molar-refractivity contribution >= 4 is 16.7 Å². The molecule has 3 aromatic rings. The summed E-state index contributed by atoms with van der Waals surface area (Å²) in [6.07, 6.45) is 3.44. The van der Waals surface area contributed by atoms with Crippen LogP contribution in [0.5, 0.6) is 5.75 Å². The van der Waals surface area contributed by atoms with Gasteiger partial charge in [0.05, 0.1) is 6.61 Å². The fourth-order valence-corrected chi connectivity index (χ4v) is 3.45. The van der Waals surface area contributed by atoms with Crippen molar-refractivity contribution in [1.29, 1.82) is 0 Å². The molecule has 0 aliphatic carbocycles. The fourth-order valence-electron chi connectivity index (χ4n) is 3.45. The standard InChI is InChI=1S/C20H22N2O/c1-2-8-16(9-3-1)23-15-7-14-22-13-6-11-18-17-10-4-5-12-19(17)21-20(18)22/h1-5,8-10,12,21H,6-7,11,13-15H2. The molecule has 3 nitrogen and oxygen atoms in total. The van der Waals surface area contributed by atoms with Gasteiger partial charge in [-0.15, -0.1) is 0 Å². The second kappa shape index (κ2) is 6.37. The number of para-hydroxylation sites is 2. The average molecular weight is 306 g/mol. The van der Waals surface area contributed by atoms with Crippen LogP contribution < -0.4 is 9.64 Å². The summed E-state index contributed by atoms with van der Waals surface area (Å²) < 4.78 is 5.81. The smallest absolute Gasteiger partial charge is 0.119 e. The van der Waals surface area contributed by atoms with Gasteiger partial charge in [0.15, 0.2) is 0 Å². The van der Waals surface area contributed by atoms with Crippen molar-refractivity contribution in [3.05, 3.63) is 60.2 Å². The number of nitrogens with one attached hydrogen (secondary N) is 1. The van der Waals surface area contributed by atoms with E-state index in [-0.39, 0.29) is 0 Å². The van der Waals surface area contributed by atoms with Crippen LogP contribution in [0.1, 0.15) is 18.4 Å². The highest BCUT2D eigenvalue weighted by atomic mass is 16.5. The lowest BCUT2D eigenvalue weighted by molar-refractivity contribution is 0.311. The molecule has 0 radical (unpaired) electrons. The number of H-pyrrole nitrogens is 1. The summed E-state index contributed by atoms with van der Waals surface area (Å²) >= 11 is 0. The van der Waals surface area contributed by atoms with Crippen LogP contribution in [0, 0.1) is 0 Å². The van der Waals surface area contributed by atoms with E-state index in [0.29, 0.717) is 0 Å². The Balaban J connectivity index is 1.41. The summed E-state index contributed by atoms with van der Waals surface area (Å²) in [5.74, 6) is 2.27. The van der Waals surface area contributed by atoms with E-state index in [1.165, 1.54) is 35.1 Å². The Bertz CT molecular complexity index is 779. The number of aromatic amines is 1. The Morgan fingerprint density at radius 2 is 1.83 bits per heavy atom. The first-order valence-corrected chi connectivity index (χ1v) is 8.44. The summed E-state index contributed by atoms with van der Waals surface area (Å²) in [6.45, 7) is 2.92. The predicted octanol–water partition coefficient (Wildman–Crippen LogP) is 4.39. The zero-order valence-corrected chi connectivity index (χ0v) is 13.3. The van der Waals surface area contributed by atoms with Crippen molar-refractivity contribution in [3.63, 3.8) is 0 Å². The molecule has 0 bridgehead atoms. The van der Waals surface area contributed by atoms with Crippen molar-refractivity contribution in [1.82, 2.24) is 4.98 Å². The number of aromatic nitrogens is 1. The quantitative estimate of drug-likeness (QED) is 0.708. The molecule has 1 aliphatic rings. The van der Waals surface area contributed by atoms with Crippen molar-refractivity contribution in [2.45, 2.75) is 19.3 Å². The third-order valence-electron chi connectivity index (χ3n) is 4.55. The van der Waals surface area contributed by atoms with E-state index in [4.69, 9.17) is 4.74 Å². The molecule has 4 rings (SSSR count). The molecule has 1 N–H and O–H groups in total. The van der Waals surface area contributed by atoms with Gasteiger partial charge in [0, 0.05) is 29.6 Å². The predicted molar refractivity (Wildman–Crippen MR) is 95.4 cm³/mol. The maximum atomic E-state index is 5.81. The number of benzene rings is 2. The lowest BCUT2D eigenvalue weighted by Crippen LogP contribution is -2.31. The van der Waals surface area contributed by atoms with E-state index < -0.39 is 0 Å². The SMILES string of the molecule is c1ccc(OCCCN2CCCc3c2[nH]c2ccccc32)cc1. The normalized spacial score (nSPS) is 14.0. The van der Waals surface area contributed by atoms with E-state index in [1.54, 1.807) is 0 Å². The van der Waals surface area contributed by atoms with Gasteiger partial charge < -0.3 is 14.6 Å². The minimum absolute atomic E-state index is 0.760. The minimum Gasteiger partial charge on any atom is -0.494 e. The third-order valence-corrected chi connectivity index (χ3v) is 4.55. The summed E-state index contributed by atoms with van der Waals surface area (Å²) in [5.41, 5.74) is 2.74. The topological polar surface area (TPSA) is 28.3 Å². The molecular weight excluding hydrogens is 284 g/mol. The van der Waals surface area contributed by atoms with Gasteiger partial charge in [0.1, 0.15) is 11.6 Å². The molecule has 0 atom stereocenters. The van der Waals surface area contributed by atoms with Crippen LogP contribution in [0.25, 0.3) is 10.9 Å². The first-order chi connectivity index (χ1) is 11.4. The molecule has 2 aromatic carbocycles. The van der Waals surface area contributed by atoms with E-state index >= 15 is 0 Å². The molecule has 0 saturated carbocycles. The Morgan fingerprint density at radius 1 is 1.00 bits per heavy atom. The number of aryl methyl sites for hydroxylation is 1. The number of rotatable bonds is 5. The molecule has 1 aliphatic heterocycles. The van der Waals surface area contributed by atoms with Crippen LogP contribution in [0.3, 0.4) is 0 Å². The molecular formula is C20H22N2O. The number of nitrogens with zero attached hydrogens (tertiary/aromatic N) is 1. The molecule has 0 unspecified atom stereocenters. The molecule has 3 heteroatoms. The van der Waals surface area contributed by atoms with Crippen molar-refractivity contribution in [2.24, 2.45) is 0 Å². The zero-order chi connectivity index (χ0) is 15.5. The average Bonchev–Trinajstić information content (AvgIpc) is 2.99. The molecule has 0 fully saturated rings. The fraction of sp³-hybridized carbons (Fsp3) is 0.300. The van der Waals surface area contributed by atoms with Gasteiger partial charge in [-0.05, 0) is 37.5 Å². The molecule has 0 amide bonds. The molecule has 23 heavy (non-hydrogen) atoms. The monoisotopic (exact) mass is 306 g/mol. The van der Waals surface area contributed by atoms with Gasteiger partial charge in [-0.2, -0.15) is 0 Å². The van der Waals surface area contributed by atoms with Gasteiger partial charge in [-0.1, -0.05) is 36.4 Å².